The van der Waals surface area contributed by atoms with Gasteiger partial charge in [0.25, 0.3) is 11.8 Å². The SMILES string of the molecule is CCCCOC(=O)C(C)NC(=O)CNC(=O)CCCCC(=O)NCCN1C(=O)C=CC1=O. The number of unbranched alkanes of at least 4 members (excludes halogenated alkanes) is 2. The average molecular weight is 453 g/mol. The topological polar surface area (TPSA) is 151 Å². The van der Waals surface area contributed by atoms with E-state index in [0.717, 1.165) is 17.7 Å². The highest BCUT2D eigenvalue weighted by Crippen LogP contribution is 2.03. The van der Waals surface area contributed by atoms with E-state index in [0.29, 0.717) is 19.4 Å². The van der Waals surface area contributed by atoms with Crippen molar-refractivity contribution < 1.29 is 33.5 Å². The maximum absolute atomic E-state index is 11.8. The van der Waals surface area contributed by atoms with Crippen LogP contribution in [0.15, 0.2) is 12.2 Å². The summed E-state index contributed by atoms with van der Waals surface area (Å²) in [6, 6.07) is -0.798. The summed E-state index contributed by atoms with van der Waals surface area (Å²) in [5.74, 6) is -2.39. The van der Waals surface area contributed by atoms with Crippen LogP contribution < -0.4 is 16.0 Å². The van der Waals surface area contributed by atoms with Gasteiger partial charge in [0.15, 0.2) is 0 Å². The largest absolute Gasteiger partial charge is 0.464 e. The average Bonchev–Trinajstić information content (AvgIpc) is 3.07. The molecule has 0 aliphatic carbocycles. The second-order valence-corrected chi connectivity index (χ2v) is 7.31. The zero-order valence-corrected chi connectivity index (χ0v) is 18.6. The quantitative estimate of drug-likeness (QED) is 0.173. The monoisotopic (exact) mass is 452 g/mol. The van der Waals surface area contributed by atoms with Gasteiger partial charge in [0.1, 0.15) is 6.04 Å². The zero-order valence-electron chi connectivity index (χ0n) is 18.6. The summed E-state index contributed by atoms with van der Waals surface area (Å²) in [6.07, 6.45) is 5.28. The number of carbonyl (C=O) groups excluding carboxylic acids is 6. The molecule has 0 saturated carbocycles. The Morgan fingerprint density at radius 1 is 0.938 bits per heavy atom. The first-order valence-electron chi connectivity index (χ1n) is 10.8. The van der Waals surface area contributed by atoms with Crippen LogP contribution in [-0.4, -0.2) is 72.7 Å². The van der Waals surface area contributed by atoms with Crippen LogP contribution in [0, 0.1) is 0 Å². The molecule has 0 fully saturated rings. The van der Waals surface area contributed by atoms with Gasteiger partial charge in [-0.05, 0) is 26.2 Å². The van der Waals surface area contributed by atoms with Crippen molar-refractivity contribution in [1.82, 2.24) is 20.9 Å². The number of ether oxygens (including phenoxy) is 1. The molecule has 5 amide bonds. The van der Waals surface area contributed by atoms with Crippen LogP contribution in [0.25, 0.3) is 0 Å². The maximum atomic E-state index is 11.8. The third kappa shape index (κ3) is 10.7. The Morgan fingerprint density at radius 3 is 2.12 bits per heavy atom. The van der Waals surface area contributed by atoms with E-state index in [1.807, 2.05) is 6.92 Å². The van der Waals surface area contributed by atoms with Crippen LogP contribution in [0.5, 0.6) is 0 Å². The summed E-state index contributed by atoms with van der Waals surface area (Å²) >= 11 is 0. The van der Waals surface area contributed by atoms with Crippen molar-refractivity contribution >= 4 is 35.5 Å². The van der Waals surface area contributed by atoms with E-state index in [4.69, 9.17) is 4.74 Å². The zero-order chi connectivity index (χ0) is 23.9. The molecular weight excluding hydrogens is 420 g/mol. The number of rotatable bonds is 15. The van der Waals surface area contributed by atoms with E-state index in [1.165, 1.54) is 19.1 Å². The molecule has 0 radical (unpaired) electrons. The van der Waals surface area contributed by atoms with Gasteiger partial charge in [-0.2, -0.15) is 0 Å². The number of imide groups is 1. The maximum Gasteiger partial charge on any atom is 0.328 e. The summed E-state index contributed by atoms with van der Waals surface area (Å²) in [7, 11) is 0. The van der Waals surface area contributed by atoms with Gasteiger partial charge in [-0.25, -0.2) is 4.79 Å². The second-order valence-electron chi connectivity index (χ2n) is 7.31. The van der Waals surface area contributed by atoms with Crippen molar-refractivity contribution in [1.29, 1.82) is 0 Å². The van der Waals surface area contributed by atoms with Crippen LogP contribution in [0.2, 0.25) is 0 Å². The van der Waals surface area contributed by atoms with Crippen molar-refractivity contribution in [3.05, 3.63) is 12.2 Å². The third-order valence-corrected chi connectivity index (χ3v) is 4.54. The van der Waals surface area contributed by atoms with Crippen LogP contribution in [-0.2, 0) is 33.5 Å². The number of hydrogen-bond acceptors (Lipinski definition) is 7. The molecule has 11 nitrogen and oxygen atoms in total. The van der Waals surface area contributed by atoms with Crippen molar-refractivity contribution in [3.8, 4) is 0 Å². The number of hydrogen-bond donors (Lipinski definition) is 3. The Labute approximate surface area is 187 Å². The predicted molar refractivity (Wildman–Crippen MR) is 114 cm³/mol. The lowest BCUT2D eigenvalue weighted by Crippen LogP contribution is -2.44. The van der Waals surface area contributed by atoms with Gasteiger partial charge < -0.3 is 20.7 Å². The van der Waals surface area contributed by atoms with Gasteiger partial charge in [0.2, 0.25) is 17.7 Å². The Balaban J connectivity index is 2.07. The Morgan fingerprint density at radius 2 is 1.53 bits per heavy atom. The lowest BCUT2D eigenvalue weighted by atomic mass is 10.2. The lowest BCUT2D eigenvalue weighted by Gasteiger charge is -2.14. The lowest BCUT2D eigenvalue weighted by molar-refractivity contribution is -0.147. The number of nitrogens with one attached hydrogen (secondary N) is 3. The molecule has 32 heavy (non-hydrogen) atoms. The summed E-state index contributed by atoms with van der Waals surface area (Å²) in [6.45, 7) is 3.80. The fourth-order valence-corrected chi connectivity index (χ4v) is 2.68. The van der Waals surface area contributed by atoms with E-state index in [-0.39, 0.29) is 44.3 Å². The minimum Gasteiger partial charge on any atom is -0.464 e. The molecule has 1 rings (SSSR count). The van der Waals surface area contributed by atoms with E-state index in [1.54, 1.807) is 0 Å². The number of carbonyl (C=O) groups is 6. The van der Waals surface area contributed by atoms with Crippen LogP contribution in [0.4, 0.5) is 0 Å². The Kier molecular flexibility index (Phi) is 12.3. The number of esters is 1. The highest BCUT2D eigenvalue weighted by atomic mass is 16.5. The highest BCUT2D eigenvalue weighted by Gasteiger charge is 2.22. The smallest absolute Gasteiger partial charge is 0.328 e. The Bertz CT molecular complexity index is 718. The number of amides is 5. The van der Waals surface area contributed by atoms with E-state index in [2.05, 4.69) is 16.0 Å². The summed E-state index contributed by atoms with van der Waals surface area (Å²) < 4.78 is 5.01. The van der Waals surface area contributed by atoms with Gasteiger partial charge in [-0.3, -0.25) is 28.9 Å². The van der Waals surface area contributed by atoms with Gasteiger partial charge in [0.05, 0.1) is 13.2 Å². The third-order valence-electron chi connectivity index (χ3n) is 4.54. The molecule has 0 saturated heterocycles. The van der Waals surface area contributed by atoms with Gasteiger partial charge in [0, 0.05) is 38.1 Å². The summed E-state index contributed by atoms with van der Waals surface area (Å²) in [5, 5.41) is 7.54. The van der Waals surface area contributed by atoms with Crippen molar-refractivity contribution in [2.45, 2.75) is 58.4 Å². The van der Waals surface area contributed by atoms with Crippen LogP contribution in [0.3, 0.4) is 0 Å². The summed E-state index contributed by atoms with van der Waals surface area (Å²) in [4.78, 5) is 70.9. The molecule has 11 heteroatoms. The molecule has 0 aromatic heterocycles. The standard InChI is InChI=1S/C21H32N4O7/c1-3-4-13-32-21(31)15(2)24-18(28)14-23-17(27)8-6-5-7-16(26)22-11-12-25-19(29)9-10-20(25)30/h9-10,15H,3-8,11-14H2,1-2H3,(H,22,26)(H,23,27)(H,24,28). The van der Waals surface area contributed by atoms with Crippen molar-refractivity contribution in [3.63, 3.8) is 0 Å². The molecule has 0 spiro atoms. The van der Waals surface area contributed by atoms with E-state index >= 15 is 0 Å². The molecule has 178 valence electrons. The van der Waals surface area contributed by atoms with Crippen LogP contribution >= 0.6 is 0 Å². The first-order valence-corrected chi connectivity index (χ1v) is 10.8. The molecule has 0 aromatic carbocycles. The predicted octanol–water partition coefficient (Wildman–Crippen LogP) is -0.448. The van der Waals surface area contributed by atoms with Gasteiger partial charge in [-0.15, -0.1) is 0 Å². The fourth-order valence-electron chi connectivity index (χ4n) is 2.68. The molecule has 1 heterocycles. The highest BCUT2D eigenvalue weighted by molar-refractivity contribution is 6.12. The second kappa shape index (κ2) is 14.7. The van der Waals surface area contributed by atoms with E-state index < -0.39 is 29.7 Å². The summed E-state index contributed by atoms with van der Waals surface area (Å²) in [5.41, 5.74) is 0. The minimum absolute atomic E-state index is 0.107. The molecule has 0 bridgehead atoms. The first kappa shape index (κ1) is 26.8. The van der Waals surface area contributed by atoms with Crippen molar-refractivity contribution in [2.24, 2.45) is 0 Å². The number of nitrogens with zero attached hydrogens (tertiary/aromatic N) is 1. The minimum atomic E-state index is -0.798. The fraction of sp³-hybridized carbons (Fsp3) is 0.619. The van der Waals surface area contributed by atoms with E-state index in [9.17, 15) is 28.8 Å². The molecular formula is C21H32N4O7. The van der Waals surface area contributed by atoms with Crippen LogP contribution in [0.1, 0.15) is 52.4 Å². The van der Waals surface area contributed by atoms with Gasteiger partial charge >= 0.3 is 5.97 Å². The molecule has 1 unspecified atom stereocenters. The molecule has 1 aliphatic heterocycles. The van der Waals surface area contributed by atoms with Crippen molar-refractivity contribution in [2.75, 3.05) is 26.2 Å². The normalized spacial score (nSPS) is 13.6. The molecule has 1 aliphatic rings. The van der Waals surface area contributed by atoms with Gasteiger partial charge in [-0.1, -0.05) is 13.3 Å². The molecule has 0 aromatic rings. The molecule has 3 N–H and O–H groups in total. The first-order chi connectivity index (χ1) is 15.2. The Hall–Kier alpha value is -3.24. The molecule has 1 atom stereocenters.